The van der Waals surface area contributed by atoms with Crippen molar-refractivity contribution in [3.63, 3.8) is 0 Å². The lowest BCUT2D eigenvalue weighted by Gasteiger charge is -2.36. The Bertz CT molecular complexity index is 800. The van der Waals surface area contributed by atoms with Gasteiger partial charge < -0.3 is 9.80 Å². The van der Waals surface area contributed by atoms with Crippen molar-refractivity contribution in [2.24, 2.45) is 0 Å². The van der Waals surface area contributed by atoms with Gasteiger partial charge >= 0.3 is 0 Å². The van der Waals surface area contributed by atoms with Crippen LogP contribution in [-0.2, 0) is 4.79 Å². The second kappa shape index (κ2) is 7.81. The van der Waals surface area contributed by atoms with E-state index in [-0.39, 0.29) is 11.7 Å². The molecule has 1 aromatic heterocycles. The van der Waals surface area contributed by atoms with Crippen LogP contribution in [0.4, 0.5) is 10.2 Å². The lowest BCUT2D eigenvalue weighted by atomic mass is 10.1. The maximum Gasteiger partial charge on any atom is 0.222 e. The second-order valence-corrected chi connectivity index (χ2v) is 6.71. The summed E-state index contributed by atoms with van der Waals surface area (Å²) in [7, 11) is 0. The summed E-state index contributed by atoms with van der Waals surface area (Å²) in [5.41, 5.74) is 2.59. The maximum atomic E-state index is 13.6. The highest BCUT2D eigenvalue weighted by Gasteiger charge is 2.23. The molecule has 1 fully saturated rings. The third-order valence-electron chi connectivity index (χ3n) is 4.84. The lowest BCUT2D eigenvalue weighted by molar-refractivity contribution is -0.131. The Labute approximate surface area is 153 Å². The summed E-state index contributed by atoms with van der Waals surface area (Å²) < 4.78 is 13.6. The molecule has 0 unspecified atom stereocenters. The van der Waals surface area contributed by atoms with Gasteiger partial charge in [-0.15, -0.1) is 0 Å². The van der Waals surface area contributed by atoms with Crippen LogP contribution in [-0.4, -0.2) is 47.0 Å². The molecule has 0 spiro atoms. The highest BCUT2D eigenvalue weighted by molar-refractivity contribution is 5.76. The first-order valence-electron chi connectivity index (χ1n) is 9.13. The largest absolute Gasteiger partial charge is 0.353 e. The first-order chi connectivity index (χ1) is 12.5. The summed E-state index contributed by atoms with van der Waals surface area (Å²) in [5, 5.41) is 0. The Kier molecular flexibility index (Phi) is 5.49. The average molecular weight is 356 g/mol. The van der Waals surface area contributed by atoms with Crippen molar-refractivity contribution in [1.82, 2.24) is 14.9 Å². The van der Waals surface area contributed by atoms with Crippen LogP contribution in [0.3, 0.4) is 0 Å². The Morgan fingerprint density at radius 2 is 1.88 bits per heavy atom. The van der Waals surface area contributed by atoms with Crippen LogP contribution in [0.25, 0.3) is 11.4 Å². The van der Waals surface area contributed by atoms with E-state index >= 15 is 0 Å². The van der Waals surface area contributed by atoms with Gasteiger partial charge in [-0.25, -0.2) is 14.4 Å². The SMILES string of the molecule is CCCC(=O)N1CCN(c2nc(-c3cccc(F)c3)nc(C)c2C)CC1. The molecule has 5 nitrogen and oxygen atoms in total. The first kappa shape index (κ1) is 18.3. The van der Waals surface area contributed by atoms with Gasteiger partial charge in [-0.1, -0.05) is 19.1 Å². The minimum absolute atomic E-state index is 0.225. The molecule has 2 aromatic rings. The van der Waals surface area contributed by atoms with Gasteiger partial charge in [-0.3, -0.25) is 4.79 Å². The van der Waals surface area contributed by atoms with Crippen LogP contribution in [0.1, 0.15) is 31.0 Å². The Morgan fingerprint density at radius 1 is 1.15 bits per heavy atom. The molecule has 2 heterocycles. The lowest BCUT2D eigenvalue weighted by Crippen LogP contribution is -2.49. The molecule has 0 atom stereocenters. The van der Waals surface area contributed by atoms with E-state index in [4.69, 9.17) is 4.98 Å². The third-order valence-corrected chi connectivity index (χ3v) is 4.84. The van der Waals surface area contributed by atoms with Crippen LogP contribution < -0.4 is 4.90 Å². The molecule has 138 valence electrons. The van der Waals surface area contributed by atoms with Crippen molar-refractivity contribution < 1.29 is 9.18 Å². The van der Waals surface area contributed by atoms with E-state index in [2.05, 4.69) is 9.88 Å². The Hall–Kier alpha value is -2.50. The normalized spacial score (nSPS) is 14.6. The third kappa shape index (κ3) is 3.84. The topological polar surface area (TPSA) is 49.3 Å². The van der Waals surface area contributed by atoms with Crippen molar-refractivity contribution in [1.29, 1.82) is 0 Å². The number of amides is 1. The van der Waals surface area contributed by atoms with Gasteiger partial charge in [0.15, 0.2) is 5.82 Å². The molecule has 1 saturated heterocycles. The molecule has 0 bridgehead atoms. The van der Waals surface area contributed by atoms with Gasteiger partial charge in [0.1, 0.15) is 11.6 Å². The van der Waals surface area contributed by atoms with Crippen molar-refractivity contribution in [3.05, 3.63) is 41.3 Å². The number of carbonyl (C=O) groups is 1. The smallest absolute Gasteiger partial charge is 0.222 e. The molecule has 1 amide bonds. The van der Waals surface area contributed by atoms with Gasteiger partial charge in [0.25, 0.3) is 0 Å². The van der Waals surface area contributed by atoms with Crippen molar-refractivity contribution >= 4 is 11.7 Å². The van der Waals surface area contributed by atoms with Crippen molar-refractivity contribution in [3.8, 4) is 11.4 Å². The molecular weight excluding hydrogens is 331 g/mol. The number of benzene rings is 1. The van der Waals surface area contributed by atoms with Gasteiger partial charge in [-0.2, -0.15) is 0 Å². The monoisotopic (exact) mass is 356 g/mol. The van der Waals surface area contributed by atoms with Gasteiger partial charge in [0.05, 0.1) is 0 Å². The zero-order chi connectivity index (χ0) is 18.7. The van der Waals surface area contributed by atoms with Crippen molar-refractivity contribution in [2.75, 3.05) is 31.1 Å². The summed E-state index contributed by atoms with van der Waals surface area (Å²) >= 11 is 0. The van der Waals surface area contributed by atoms with Crippen LogP contribution in [0.2, 0.25) is 0 Å². The number of carbonyl (C=O) groups excluding carboxylic acids is 1. The zero-order valence-corrected chi connectivity index (χ0v) is 15.6. The molecule has 1 aromatic carbocycles. The number of halogens is 1. The number of rotatable bonds is 4. The van der Waals surface area contributed by atoms with E-state index < -0.39 is 0 Å². The predicted molar refractivity (Wildman–Crippen MR) is 101 cm³/mol. The molecule has 1 aliphatic heterocycles. The van der Waals surface area contributed by atoms with E-state index in [0.29, 0.717) is 30.9 Å². The molecule has 0 aliphatic carbocycles. The van der Waals surface area contributed by atoms with Crippen LogP contribution in [0.5, 0.6) is 0 Å². The average Bonchev–Trinajstić information content (AvgIpc) is 2.64. The van der Waals surface area contributed by atoms with E-state index in [9.17, 15) is 9.18 Å². The van der Waals surface area contributed by atoms with Crippen LogP contribution in [0, 0.1) is 19.7 Å². The second-order valence-electron chi connectivity index (χ2n) is 6.71. The predicted octanol–water partition coefficient (Wildman–Crippen LogP) is 3.35. The molecule has 0 N–H and O–H groups in total. The quantitative estimate of drug-likeness (QED) is 0.843. The number of aryl methyl sites for hydroxylation is 1. The number of hydrogen-bond acceptors (Lipinski definition) is 4. The fourth-order valence-electron chi connectivity index (χ4n) is 3.22. The summed E-state index contributed by atoms with van der Waals surface area (Å²) in [6.45, 7) is 8.88. The number of anilines is 1. The van der Waals surface area contributed by atoms with Gasteiger partial charge in [0.2, 0.25) is 5.91 Å². The number of nitrogens with zero attached hydrogens (tertiary/aromatic N) is 4. The fraction of sp³-hybridized carbons (Fsp3) is 0.450. The maximum absolute atomic E-state index is 13.6. The van der Waals surface area contributed by atoms with E-state index in [0.717, 1.165) is 36.6 Å². The summed E-state index contributed by atoms with van der Waals surface area (Å²) in [5.74, 6) is 1.34. The minimum Gasteiger partial charge on any atom is -0.353 e. The molecule has 3 rings (SSSR count). The molecule has 6 heteroatoms. The van der Waals surface area contributed by atoms with Crippen LogP contribution >= 0.6 is 0 Å². The minimum atomic E-state index is -0.297. The summed E-state index contributed by atoms with van der Waals surface area (Å²) in [6, 6.07) is 6.35. The van der Waals surface area contributed by atoms with Crippen molar-refractivity contribution in [2.45, 2.75) is 33.6 Å². The molecule has 1 aliphatic rings. The molecule has 26 heavy (non-hydrogen) atoms. The summed E-state index contributed by atoms with van der Waals surface area (Å²) in [4.78, 5) is 25.5. The van der Waals surface area contributed by atoms with Gasteiger partial charge in [0, 0.05) is 49.4 Å². The van der Waals surface area contributed by atoms with E-state index in [1.807, 2.05) is 31.7 Å². The highest BCUT2D eigenvalue weighted by atomic mass is 19.1. The van der Waals surface area contributed by atoms with Crippen LogP contribution in [0.15, 0.2) is 24.3 Å². The molecule has 0 saturated carbocycles. The fourth-order valence-corrected chi connectivity index (χ4v) is 3.22. The molecular formula is C20H25FN4O. The van der Waals surface area contributed by atoms with Gasteiger partial charge in [-0.05, 0) is 32.4 Å². The summed E-state index contributed by atoms with van der Waals surface area (Å²) in [6.07, 6.45) is 1.48. The van der Waals surface area contributed by atoms with E-state index in [1.54, 1.807) is 6.07 Å². The molecule has 0 radical (unpaired) electrons. The van der Waals surface area contributed by atoms with E-state index in [1.165, 1.54) is 12.1 Å². The number of piperazine rings is 1. The zero-order valence-electron chi connectivity index (χ0n) is 15.6. The first-order valence-corrected chi connectivity index (χ1v) is 9.13. The standard InChI is InChI=1S/C20H25FN4O/c1-4-6-18(26)24-9-11-25(12-10-24)20-14(2)15(3)22-19(23-20)16-7-5-8-17(21)13-16/h5,7-8,13H,4,6,9-12H2,1-3H3. The highest BCUT2D eigenvalue weighted by Crippen LogP contribution is 2.25. The Balaban J connectivity index is 1.83. The number of hydrogen-bond donors (Lipinski definition) is 0. The Morgan fingerprint density at radius 3 is 2.54 bits per heavy atom. The number of aromatic nitrogens is 2.